The summed E-state index contributed by atoms with van der Waals surface area (Å²) in [6, 6.07) is 3.86. The maximum atomic E-state index is 5.69. The predicted molar refractivity (Wildman–Crippen MR) is 55.1 cm³/mol. The first-order valence-electron chi connectivity index (χ1n) is 5.10. The molecule has 0 saturated heterocycles. The zero-order chi connectivity index (χ0) is 9.97. The van der Waals surface area contributed by atoms with Crippen molar-refractivity contribution < 1.29 is 4.74 Å². The Balaban J connectivity index is 1.91. The summed E-state index contributed by atoms with van der Waals surface area (Å²) in [7, 11) is 0. The van der Waals surface area contributed by atoms with Crippen LogP contribution in [0.3, 0.4) is 0 Å². The molecule has 0 unspecified atom stereocenters. The van der Waals surface area contributed by atoms with E-state index < -0.39 is 0 Å². The molecule has 1 atom stereocenters. The van der Waals surface area contributed by atoms with Gasteiger partial charge in [0.15, 0.2) is 0 Å². The minimum atomic E-state index is -0.00696. The van der Waals surface area contributed by atoms with Gasteiger partial charge in [0.1, 0.15) is 5.75 Å². The molecule has 0 radical (unpaired) electrons. The van der Waals surface area contributed by atoms with Crippen molar-refractivity contribution in [2.45, 2.75) is 25.8 Å². The Bertz CT molecular complexity index is 291. The molecule has 2 rings (SSSR count). The average molecular weight is 192 g/mol. The largest absolute Gasteiger partial charge is 0.492 e. The molecule has 1 saturated carbocycles. The van der Waals surface area contributed by atoms with E-state index in [0.29, 0.717) is 0 Å². The molecule has 0 aliphatic heterocycles. The Kier molecular flexibility index (Phi) is 2.68. The highest BCUT2D eigenvalue weighted by atomic mass is 16.5. The summed E-state index contributed by atoms with van der Waals surface area (Å²) >= 11 is 0. The molecule has 2 N–H and O–H groups in total. The molecule has 3 nitrogen and oxygen atoms in total. The zero-order valence-electron chi connectivity index (χ0n) is 8.44. The molecular weight excluding hydrogens is 176 g/mol. The zero-order valence-corrected chi connectivity index (χ0v) is 8.44. The second-order valence-corrected chi connectivity index (χ2v) is 3.96. The second-order valence-electron chi connectivity index (χ2n) is 3.96. The van der Waals surface area contributed by atoms with Crippen LogP contribution in [0, 0.1) is 5.92 Å². The van der Waals surface area contributed by atoms with Gasteiger partial charge in [-0.25, -0.2) is 0 Å². The molecule has 1 aromatic rings. The first kappa shape index (κ1) is 9.46. The van der Waals surface area contributed by atoms with E-state index in [1.165, 1.54) is 12.8 Å². The maximum Gasteiger partial charge on any atom is 0.137 e. The SMILES string of the molecule is C[C@@H](N)c1ccc(OCC2CC2)cn1. The fraction of sp³-hybridized carbons (Fsp3) is 0.545. The molecule has 3 heteroatoms. The predicted octanol–water partition coefficient (Wildman–Crippen LogP) is 1.89. The van der Waals surface area contributed by atoms with Crippen LogP contribution in [-0.2, 0) is 0 Å². The van der Waals surface area contributed by atoms with Crippen LogP contribution in [0.5, 0.6) is 5.75 Å². The Hall–Kier alpha value is -1.09. The fourth-order valence-corrected chi connectivity index (χ4v) is 1.25. The third-order valence-corrected chi connectivity index (χ3v) is 2.41. The van der Waals surface area contributed by atoms with E-state index in [0.717, 1.165) is 24.0 Å². The lowest BCUT2D eigenvalue weighted by atomic mass is 10.2. The van der Waals surface area contributed by atoms with Crippen molar-refractivity contribution in [2.75, 3.05) is 6.61 Å². The highest BCUT2D eigenvalue weighted by Gasteiger charge is 2.21. The average Bonchev–Trinajstić information content (AvgIpc) is 2.99. The number of pyridine rings is 1. The highest BCUT2D eigenvalue weighted by Crippen LogP contribution is 2.29. The molecule has 0 bridgehead atoms. The molecule has 0 amide bonds. The summed E-state index contributed by atoms with van der Waals surface area (Å²) in [6.07, 6.45) is 4.37. The minimum Gasteiger partial charge on any atom is -0.492 e. The van der Waals surface area contributed by atoms with Gasteiger partial charge in [-0.15, -0.1) is 0 Å². The van der Waals surface area contributed by atoms with E-state index in [1.54, 1.807) is 6.20 Å². The van der Waals surface area contributed by atoms with Crippen molar-refractivity contribution >= 4 is 0 Å². The van der Waals surface area contributed by atoms with E-state index in [-0.39, 0.29) is 6.04 Å². The smallest absolute Gasteiger partial charge is 0.137 e. The summed E-state index contributed by atoms with van der Waals surface area (Å²) in [5.74, 6) is 1.63. The normalized spacial score (nSPS) is 17.9. The summed E-state index contributed by atoms with van der Waals surface area (Å²) in [5.41, 5.74) is 6.60. The summed E-state index contributed by atoms with van der Waals surface area (Å²) in [5, 5.41) is 0. The van der Waals surface area contributed by atoms with Crippen LogP contribution < -0.4 is 10.5 Å². The van der Waals surface area contributed by atoms with E-state index in [9.17, 15) is 0 Å². The molecule has 1 heterocycles. The number of nitrogens with two attached hydrogens (primary N) is 1. The number of nitrogens with zero attached hydrogens (tertiary/aromatic N) is 1. The molecule has 0 spiro atoms. The van der Waals surface area contributed by atoms with E-state index in [1.807, 2.05) is 19.1 Å². The van der Waals surface area contributed by atoms with Crippen molar-refractivity contribution in [3.63, 3.8) is 0 Å². The number of hydrogen-bond acceptors (Lipinski definition) is 3. The maximum absolute atomic E-state index is 5.69. The lowest BCUT2D eigenvalue weighted by Gasteiger charge is -2.07. The van der Waals surface area contributed by atoms with Crippen LogP contribution in [0.4, 0.5) is 0 Å². The minimum absolute atomic E-state index is 0.00696. The van der Waals surface area contributed by atoms with Crippen LogP contribution in [0.15, 0.2) is 18.3 Å². The second kappa shape index (κ2) is 3.96. The standard InChI is InChI=1S/C11H16N2O/c1-8(12)11-5-4-10(6-13-11)14-7-9-2-3-9/h4-6,8-9H,2-3,7,12H2,1H3/t8-/m1/s1. The molecule has 76 valence electrons. The first-order valence-corrected chi connectivity index (χ1v) is 5.10. The van der Waals surface area contributed by atoms with E-state index >= 15 is 0 Å². The first-order chi connectivity index (χ1) is 6.75. The van der Waals surface area contributed by atoms with Crippen LogP contribution in [0.1, 0.15) is 31.5 Å². The number of rotatable bonds is 4. The van der Waals surface area contributed by atoms with Crippen molar-refractivity contribution in [1.82, 2.24) is 4.98 Å². The van der Waals surface area contributed by atoms with E-state index in [4.69, 9.17) is 10.5 Å². The van der Waals surface area contributed by atoms with Crippen molar-refractivity contribution in [3.8, 4) is 5.75 Å². The molecule has 0 aromatic carbocycles. The molecule has 14 heavy (non-hydrogen) atoms. The van der Waals surface area contributed by atoms with Gasteiger partial charge in [-0.3, -0.25) is 4.98 Å². The third-order valence-electron chi connectivity index (χ3n) is 2.41. The van der Waals surface area contributed by atoms with Gasteiger partial charge in [-0.05, 0) is 37.8 Å². The molecular formula is C11H16N2O. The summed E-state index contributed by atoms with van der Waals surface area (Å²) < 4.78 is 5.56. The Morgan fingerprint density at radius 3 is 2.86 bits per heavy atom. The molecule has 1 aromatic heterocycles. The van der Waals surface area contributed by atoms with E-state index in [2.05, 4.69) is 4.98 Å². The van der Waals surface area contributed by atoms with Crippen molar-refractivity contribution in [1.29, 1.82) is 0 Å². The number of ether oxygens (including phenoxy) is 1. The van der Waals surface area contributed by atoms with Crippen LogP contribution in [-0.4, -0.2) is 11.6 Å². The van der Waals surface area contributed by atoms with Crippen molar-refractivity contribution in [3.05, 3.63) is 24.0 Å². The third kappa shape index (κ3) is 2.45. The lowest BCUT2D eigenvalue weighted by molar-refractivity contribution is 0.298. The van der Waals surface area contributed by atoms with Crippen LogP contribution in [0.25, 0.3) is 0 Å². The monoisotopic (exact) mass is 192 g/mol. The quantitative estimate of drug-likeness (QED) is 0.792. The fourth-order valence-electron chi connectivity index (χ4n) is 1.25. The molecule has 1 aliphatic rings. The van der Waals surface area contributed by atoms with Crippen LogP contribution in [0.2, 0.25) is 0 Å². The van der Waals surface area contributed by atoms with Gasteiger partial charge in [0, 0.05) is 6.04 Å². The summed E-state index contributed by atoms with van der Waals surface area (Å²) in [6.45, 7) is 2.76. The van der Waals surface area contributed by atoms with Gasteiger partial charge in [0.05, 0.1) is 18.5 Å². The van der Waals surface area contributed by atoms with Gasteiger partial charge in [0.25, 0.3) is 0 Å². The van der Waals surface area contributed by atoms with Gasteiger partial charge >= 0.3 is 0 Å². The summed E-state index contributed by atoms with van der Waals surface area (Å²) in [4.78, 5) is 4.23. The van der Waals surface area contributed by atoms with Gasteiger partial charge in [0.2, 0.25) is 0 Å². The highest BCUT2D eigenvalue weighted by molar-refractivity contribution is 5.21. The Labute approximate surface area is 84.3 Å². The lowest BCUT2D eigenvalue weighted by Crippen LogP contribution is -2.07. The number of aromatic nitrogens is 1. The van der Waals surface area contributed by atoms with Gasteiger partial charge in [-0.2, -0.15) is 0 Å². The van der Waals surface area contributed by atoms with Gasteiger partial charge in [-0.1, -0.05) is 0 Å². The Morgan fingerprint density at radius 2 is 2.36 bits per heavy atom. The van der Waals surface area contributed by atoms with Crippen LogP contribution >= 0.6 is 0 Å². The molecule has 1 fully saturated rings. The molecule has 1 aliphatic carbocycles. The Morgan fingerprint density at radius 1 is 1.57 bits per heavy atom. The van der Waals surface area contributed by atoms with Gasteiger partial charge < -0.3 is 10.5 Å². The van der Waals surface area contributed by atoms with Crippen molar-refractivity contribution in [2.24, 2.45) is 11.7 Å². The number of hydrogen-bond donors (Lipinski definition) is 1. The topological polar surface area (TPSA) is 48.1 Å².